The first-order valence-electron chi connectivity index (χ1n) is 7.10. The van der Waals surface area contributed by atoms with E-state index in [0.717, 1.165) is 47.8 Å². The second-order valence-electron chi connectivity index (χ2n) is 5.19. The zero-order valence-electron chi connectivity index (χ0n) is 12.5. The van der Waals surface area contributed by atoms with Crippen LogP contribution in [0.25, 0.3) is 11.2 Å². The highest BCUT2D eigenvalue weighted by Gasteiger charge is 2.17. The van der Waals surface area contributed by atoms with E-state index in [1.54, 1.807) is 0 Å². The molecule has 0 saturated heterocycles. The third kappa shape index (κ3) is 2.44. The van der Waals surface area contributed by atoms with Crippen LogP contribution in [0.4, 0.5) is 0 Å². The predicted molar refractivity (Wildman–Crippen MR) is 82.4 cm³/mol. The van der Waals surface area contributed by atoms with Crippen LogP contribution in [0.5, 0.6) is 0 Å². The van der Waals surface area contributed by atoms with Gasteiger partial charge in [-0.3, -0.25) is 9.36 Å². The lowest BCUT2D eigenvalue weighted by Gasteiger charge is -2.08. The summed E-state index contributed by atoms with van der Waals surface area (Å²) in [4.78, 5) is 4.66. The predicted octanol–water partition coefficient (Wildman–Crippen LogP) is 2.28. The zero-order chi connectivity index (χ0) is 15.0. The summed E-state index contributed by atoms with van der Waals surface area (Å²) in [6.07, 6.45) is 4.77. The van der Waals surface area contributed by atoms with Gasteiger partial charge in [-0.05, 0) is 18.9 Å². The molecule has 0 aliphatic rings. The molecular formula is C14H19ClN6. The highest BCUT2D eigenvalue weighted by molar-refractivity contribution is 6.16. The van der Waals surface area contributed by atoms with Crippen molar-refractivity contribution in [1.29, 1.82) is 0 Å². The third-order valence-corrected chi connectivity index (χ3v) is 3.88. The number of alkyl halides is 1. The van der Waals surface area contributed by atoms with E-state index in [9.17, 15) is 0 Å². The van der Waals surface area contributed by atoms with Crippen LogP contribution in [-0.2, 0) is 32.4 Å². The molecule has 0 aliphatic carbocycles. The summed E-state index contributed by atoms with van der Waals surface area (Å²) < 4.78 is 5.98. The fourth-order valence-corrected chi connectivity index (χ4v) is 2.86. The summed E-state index contributed by atoms with van der Waals surface area (Å²) >= 11 is 6.06. The van der Waals surface area contributed by atoms with Crippen LogP contribution in [0, 0.1) is 6.92 Å². The number of rotatable bonds is 5. The van der Waals surface area contributed by atoms with E-state index in [1.165, 1.54) is 0 Å². The Bertz CT molecular complexity index is 766. The Morgan fingerprint density at radius 2 is 2.10 bits per heavy atom. The second kappa shape index (κ2) is 5.52. The Balaban J connectivity index is 1.97. The minimum Gasteiger partial charge on any atom is -0.310 e. The molecule has 3 aromatic rings. The van der Waals surface area contributed by atoms with Crippen molar-refractivity contribution >= 4 is 22.8 Å². The van der Waals surface area contributed by atoms with E-state index >= 15 is 0 Å². The van der Waals surface area contributed by atoms with Crippen molar-refractivity contribution in [2.45, 2.75) is 39.2 Å². The number of hydrogen-bond donors (Lipinski definition) is 0. The molecule has 0 bridgehead atoms. The molecule has 0 aliphatic heterocycles. The van der Waals surface area contributed by atoms with Gasteiger partial charge < -0.3 is 4.57 Å². The average Bonchev–Trinajstić information content (AvgIpc) is 3.12. The molecule has 0 radical (unpaired) electrons. The van der Waals surface area contributed by atoms with Gasteiger partial charge in [0, 0.05) is 19.8 Å². The molecule has 21 heavy (non-hydrogen) atoms. The molecule has 6 nitrogen and oxygen atoms in total. The van der Waals surface area contributed by atoms with E-state index < -0.39 is 0 Å². The molecule has 7 heteroatoms. The molecule has 0 unspecified atom stereocenters. The Morgan fingerprint density at radius 3 is 2.71 bits per heavy atom. The molecular weight excluding hydrogens is 288 g/mol. The minimum atomic E-state index is 0.399. The zero-order valence-corrected chi connectivity index (χ0v) is 13.3. The molecule has 0 spiro atoms. The maximum Gasteiger partial charge on any atom is 0.158 e. The monoisotopic (exact) mass is 306 g/mol. The second-order valence-corrected chi connectivity index (χ2v) is 5.46. The van der Waals surface area contributed by atoms with Gasteiger partial charge in [0.2, 0.25) is 0 Å². The molecule has 0 amide bonds. The smallest absolute Gasteiger partial charge is 0.158 e. The van der Waals surface area contributed by atoms with Gasteiger partial charge in [-0.25, -0.2) is 4.98 Å². The van der Waals surface area contributed by atoms with Gasteiger partial charge in [-0.2, -0.15) is 10.2 Å². The van der Waals surface area contributed by atoms with Crippen molar-refractivity contribution in [2.75, 3.05) is 0 Å². The van der Waals surface area contributed by atoms with Crippen molar-refractivity contribution in [3.63, 3.8) is 0 Å². The van der Waals surface area contributed by atoms with Gasteiger partial charge in [-0.15, -0.1) is 11.6 Å². The first-order valence-corrected chi connectivity index (χ1v) is 7.63. The number of nitrogens with zero attached hydrogens (tertiary/aromatic N) is 6. The van der Waals surface area contributed by atoms with Crippen molar-refractivity contribution in [3.05, 3.63) is 29.5 Å². The first kappa shape index (κ1) is 14.1. The fourth-order valence-electron chi connectivity index (χ4n) is 2.65. The minimum absolute atomic E-state index is 0.399. The lowest BCUT2D eigenvalue weighted by molar-refractivity contribution is 0.525. The van der Waals surface area contributed by atoms with Crippen molar-refractivity contribution < 1.29 is 0 Å². The van der Waals surface area contributed by atoms with Crippen LogP contribution in [0.15, 0.2) is 12.4 Å². The van der Waals surface area contributed by atoms with Gasteiger partial charge in [0.25, 0.3) is 0 Å². The van der Waals surface area contributed by atoms with Crippen molar-refractivity contribution in [2.24, 2.45) is 7.05 Å². The van der Waals surface area contributed by atoms with Crippen molar-refractivity contribution in [1.82, 2.24) is 29.1 Å². The van der Waals surface area contributed by atoms with E-state index in [-0.39, 0.29) is 0 Å². The molecule has 112 valence electrons. The molecule has 0 aromatic carbocycles. The topological polar surface area (TPSA) is 53.5 Å². The van der Waals surface area contributed by atoms with E-state index in [2.05, 4.69) is 26.7 Å². The van der Waals surface area contributed by atoms with E-state index in [0.29, 0.717) is 5.88 Å². The van der Waals surface area contributed by atoms with Gasteiger partial charge in [-0.1, -0.05) is 6.92 Å². The Morgan fingerprint density at radius 1 is 1.29 bits per heavy atom. The van der Waals surface area contributed by atoms with E-state index in [4.69, 9.17) is 11.6 Å². The average molecular weight is 307 g/mol. The molecule has 3 heterocycles. The van der Waals surface area contributed by atoms with Gasteiger partial charge in [0.05, 0.1) is 24.3 Å². The first-order chi connectivity index (χ1) is 10.1. The third-order valence-electron chi connectivity index (χ3n) is 3.64. The van der Waals surface area contributed by atoms with Gasteiger partial charge in [0.15, 0.2) is 5.65 Å². The summed E-state index contributed by atoms with van der Waals surface area (Å²) in [7, 11) is 1.95. The van der Waals surface area contributed by atoms with E-state index in [1.807, 2.05) is 35.7 Å². The maximum absolute atomic E-state index is 6.06. The SMILES string of the molecule is CCc1nn(C)c2c1nc(CCl)n2CCn1cc(C)cn1. The van der Waals surface area contributed by atoms with Crippen LogP contribution in [-0.4, -0.2) is 29.1 Å². The van der Waals surface area contributed by atoms with Crippen LogP contribution in [0.1, 0.15) is 24.0 Å². The molecule has 0 fully saturated rings. The molecule has 0 N–H and O–H groups in total. The number of imidazole rings is 1. The summed E-state index contributed by atoms with van der Waals surface area (Å²) in [5.74, 6) is 1.29. The highest BCUT2D eigenvalue weighted by atomic mass is 35.5. The Hall–Kier alpha value is -1.82. The molecule has 3 rings (SSSR count). The number of aryl methyl sites for hydroxylation is 5. The standard InChI is InChI=1S/C14H19ClN6/c1-4-11-13-14(19(3)18-11)21(12(7-15)17-13)6-5-20-9-10(2)8-16-20/h8-9H,4-7H2,1-3H3. The van der Waals surface area contributed by atoms with Gasteiger partial charge in [0.1, 0.15) is 11.3 Å². The molecule has 0 saturated carbocycles. The van der Waals surface area contributed by atoms with Crippen LogP contribution < -0.4 is 0 Å². The van der Waals surface area contributed by atoms with Crippen LogP contribution in [0.3, 0.4) is 0 Å². The van der Waals surface area contributed by atoms with Gasteiger partial charge >= 0.3 is 0 Å². The largest absolute Gasteiger partial charge is 0.310 e. The van der Waals surface area contributed by atoms with Crippen LogP contribution in [0.2, 0.25) is 0 Å². The number of aromatic nitrogens is 6. The normalized spacial score (nSPS) is 11.6. The highest BCUT2D eigenvalue weighted by Crippen LogP contribution is 2.21. The number of fused-ring (bicyclic) bond motifs is 1. The summed E-state index contributed by atoms with van der Waals surface area (Å²) in [5, 5.41) is 8.85. The van der Waals surface area contributed by atoms with Crippen molar-refractivity contribution in [3.8, 4) is 0 Å². The Kier molecular flexibility index (Phi) is 3.71. The number of halogens is 1. The van der Waals surface area contributed by atoms with Crippen LogP contribution >= 0.6 is 11.6 Å². The quantitative estimate of drug-likeness (QED) is 0.680. The maximum atomic E-state index is 6.06. The lowest BCUT2D eigenvalue weighted by atomic mass is 10.3. The molecule has 3 aromatic heterocycles. The molecule has 0 atom stereocenters. The summed E-state index contributed by atoms with van der Waals surface area (Å²) in [5.41, 5.74) is 4.18. The summed E-state index contributed by atoms with van der Waals surface area (Å²) in [6.45, 7) is 5.70. The Labute approximate surface area is 128 Å². The number of hydrogen-bond acceptors (Lipinski definition) is 3. The lowest BCUT2D eigenvalue weighted by Crippen LogP contribution is -2.12. The summed E-state index contributed by atoms with van der Waals surface area (Å²) in [6, 6.07) is 0. The fraction of sp³-hybridized carbons (Fsp3) is 0.500.